The van der Waals surface area contributed by atoms with Crippen molar-refractivity contribution in [3.8, 4) is 16.5 Å². The average molecular weight is 285 g/mol. The lowest BCUT2D eigenvalue weighted by molar-refractivity contribution is 0.414. The lowest BCUT2D eigenvalue weighted by Crippen LogP contribution is -1.94. The average Bonchev–Trinajstić information content (AvgIpc) is 3.16. The van der Waals surface area contributed by atoms with Crippen LogP contribution in [0.2, 0.25) is 0 Å². The second-order valence-electron chi connectivity index (χ2n) is 4.43. The minimum atomic E-state index is 0.782. The van der Waals surface area contributed by atoms with Crippen LogP contribution in [0.3, 0.4) is 0 Å². The highest BCUT2D eigenvalue weighted by Gasteiger charge is 2.06. The summed E-state index contributed by atoms with van der Waals surface area (Å²) < 4.78 is 5.15. The molecule has 0 bridgehead atoms. The van der Waals surface area contributed by atoms with Crippen molar-refractivity contribution in [2.24, 2.45) is 0 Å². The molecule has 3 aromatic rings. The number of benzene rings is 1. The molecule has 0 aliphatic heterocycles. The summed E-state index contributed by atoms with van der Waals surface area (Å²) in [4.78, 5) is 5.61. The van der Waals surface area contributed by atoms with Crippen molar-refractivity contribution in [3.05, 3.63) is 53.2 Å². The zero-order chi connectivity index (χ0) is 13.8. The van der Waals surface area contributed by atoms with Crippen LogP contribution in [-0.2, 0) is 12.8 Å². The molecule has 0 atom stereocenters. The molecule has 102 valence electrons. The Bertz CT molecular complexity index is 659. The zero-order valence-corrected chi connectivity index (χ0v) is 12.0. The first-order valence-electron chi connectivity index (χ1n) is 6.43. The number of nitrogens with zero attached hydrogens (tertiary/aromatic N) is 2. The van der Waals surface area contributed by atoms with Crippen LogP contribution in [0.15, 0.2) is 41.8 Å². The van der Waals surface area contributed by atoms with E-state index in [-0.39, 0.29) is 0 Å². The summed E-state index contributed by atoms with van der Waals surface area (Å²) in [6.07, 6.45) is 1.79. The van der Waals surface area contributed by atoms with Crippen molar-refractivity contribution in [1.29, 1.82) is 0 Å². The molecule has 20 heavy (non-hydrogen) atoms. The third-order valence-electron chi connectivity index (χ3n) is 3.08. The number of H-pyrrole nitrogens is 1. The molecule has 0 aliphatic carbocycles. The summed E-state index contributed by atoms with van der Waals surface area (Å²) in [5.41, 5.74) is 1.26. The number of aromatic amines is 1. The molecule has 0 saturated carbocycles. The van der Waals surface area contributed by atoms with Crippen LogP contribution in [0.5, 0.6) is 5.75 Å². The van der Waals surface area contributed by atoms with Gasteiger partial charge in [-0.15, -0.1) is 11.3 Å². The quantitative estimate of drug-likeness (QED) is 0.782. The predicted octanol–water partition coefficient (Wildman–Crippen LogP) is 3.33. The fraction of sp³-hybridized carbons (Fsp3) is 0.200. The topological polar surface area (TPSA) is 50.8 Å². The molecule has 0 saturated heterocycles. The fourth-order valence-electron chi connectivity index (χ4n) is 1.98. The number of aryl methyl sites for hydroxylation is 2. The smallest absolute Gasteiger partial charge is 0.191 e. The van der Waals surface area contributed by atoms with Crippen LogP contribution >= 0.6 is 11.3 Å². The molecule has 0 radical (unpaired) electrons. The van der Waals surface area contributed by atoms with Gasteiger partial charge in [-0.05, 0) is 35.6 Å². The number of rotatable bonds is 5. The summed E-state index contributed by atoms with van der Waals surface area (Å²) in [7, 11) is 1.68. The van der Waals surface area contributed by atoms with Gasteiger partial charge in [0.15, 0.2) is 5.82 Å². The van der Waals surface area contributed by atoms with Crippen LogP contribution in [0.4, 0.5) is 0 Å². The van der Waals surface area contributed by atoms with Crippen molar-refractivity contribution < 1.29 is 4.74 Å². The van der Waals surface area contributed by atoms with Gasteiger partial charge in [0.2, 0.25) is 0 Å². The number of thiophene rings is 1. The van der Waals surface area contributed by atoms with Gasteiger partial charge in [-0.2, -0.15) is 5.10 Å². The Morgan fingerprint density at radius 1 is 1.15 bits per heavy atom. The van der Waals surface area contributed by atoms with Crippen molar-refractivity contribution in [2.45, 2.75) is 12.8 Å². The molecule has 2 aromatic heterocycles. The monoisotopic (exact) mass is 285 g/mol. The van der Waals surface area contributed by atoms with Gasteiger partial charge in [0.25, 0.3) is 0 Å². The van der Waals surface area contributed by atoms with E-state index in [4.69, 9.17) is 4.74 Å². The fourth-order valence-corrected chi connectivity index (χ4v) is 2.64. The highest BCUT2D eigenvalue weighted by Crippen LogP contribution is 2.20. The third-order valence-corrected chi connectivity index (χ3v) is 3.95. The number of methoxy groups -OCH3 is 1. The van der Waals surface area contributed by atoms with Crippen LogP contribution in [0, 0.1) is 0 Å². The first-order chi connectivity index (χ1) is 9.85. The molecule has 1 aromatic carbocycles. The van der Waals surface area contributed by atoms with Gasteiger partial charge in [0, 0.05) is 6.42 Å². The predicted molar refractivity (Wildman–Crippen MR) is 80.1 cm³/mol. The normalized spacial score (nSPS) is 10.7. The molecule has 4 nitrogen and oxygen atoms in total. The van der Waals surface area contributed by atoms with E-state index in [1.54, 1.807) is 18.4 Å². The standard InChI is InChI=1S/C15H15N3OS/c1-19-12-7-4-11(5-8-12)6-9-14-16-15(18-17-14)13-3-2-10-20-13/h2-5,7-8,10H,6,9H2,1H3,(H,16,17,18). The van der Waals surface area contributed by atoms with Crippen LogP contribution in [0.1, 0.15) is 11.4 Å². The van der Waals surface area contributed by atoms with Crippen LogP contribution in [0.25, 0.3) is 10.7 Å². The second kappa shape index (κ2) is 5.88. The van der Waals surface area contributed by atoms with Crippen molar-refractivity contribution in [3.63, 3.8) is 0 Å². The van der Waals surface area contributed by atoms with Gasteiger partial charge >= 0.3 is 0 Å². The number of ether oxygens (including phenoxy) is 1. The third kappa shape index (κ3) is 2.88. The lowest BCUT2D eigenvalue weighted by Gasteiger charge is -2.02. The van der Waals surface area contributed by atoms with Crippen molar-refractivity contribution in [1.82, 2.24) is 15.2 Å². The highest BCUT2D eigenvalue weighted by molar-refractivity contribution is 7.13. The molecule has 5 heteroatoms. The zero-order valence-electron chi connectivity index (χ0n) is 11.2. The Kier molecular flexibility index (Phi) is 3.78. The van der Waals surface area contributed by atoms with Crippen LogP contribution < -0.4 is 4.74 Å². The molecule has 0 spiro atoms. The van der Waals surface area contributed by atoms with E-state index in [1.165, 1.54) is 5.56 Å². The highest BCUT2D eigenvalue weighted by atomic mass is 32.1. The van der Waals surface area contributed by atoms with E-state index in [0.717, 1.165) is 35.1 Å². The molecule has 1 N–H and O–H groups in total. The number of nitrogens with one attached hydrogen (secondary N) is 1. The van der Waals surface area contributed by atoms with Gasteiger partial charge < -0.3 is 4.74 Å². The van der Waals surface area contributed by atoms with Gasteiger partial charge in [0.05, 0.1) is 12.0 Å². The molecule has 0 aliphatic rings. The SMILES string of the molecule is COc1ccc(CCc2nc(-c3cccs3)n[nH]2)cc1. The Hall–Kier alpha value is -2.14. The van der Waals surface area contributed by atoms with E-state index >= 15 is 0 Å². The van der Waals surface area contributed by atoms with E-state index in [2.05, 4.69) is 27.3 Å². The lowest BCUT2D eigenvalue weighted by atomic mass is 10.1. The van der Waals surface area contributed by atoms with Crippen LogP contribution in [-0.4, -0.2) is 22.3 Å². The summed E-state index contributed by atoms with van der Waals surface area (Å²) >= 11 is 1.65. The Labute approximate surface area is 121 Å². The minimum Gasteiger partial charge on any atom is -0.497 e. The van der Waals surface area contributed by atoms with E-state index < -0.39 is 0 Å². The molecule has 3 rings (SSSR count). The van der Waals surface area contributed by atoms with E-state index in [1.807, 2.05) is 29.6 Å². The van der Waals surface area contributed by atoms with Gasteiger partial charge in [-0.1, -0.05) is 18.2 Å². The summed E-state index contributed by atoms with van der Waals surface area (Å²) in [5, 5.41) is 9.29. The molecule has 2 heterocycles. The molecular weight excluding hydrogens is 270 g/mol. The van der Waals surface area contributed by atoms with Crippen molar-refractivity contribution >= 4 is 11.3 Å². The molecule has 0 amide bonds. The first-order valence-corrected chi connectivity index (χ1v) is 7.31. The summed E-state index contributed by atoms with van der Waals surface area (Å²) in [6, 6.07) is 12.2. The number of hydrogen-bond acceptors (Lipinski definition) is 4. The Balaban J connectivity index is 1.63. The maximum absolute atomic E-state index is 5.15. The maximum atomic E-state index is 5.15. The Morgan fingerprint density at radius 2 is 2.00 bits per heavy atom. The number of hydrogen-bond donors (Lipinski definition) is 1. The number of aromatic nitrogens is 3. The molecule has 0 fully saturated rings. The second-order valence-corrected chi connectivity index (χ2v) is 5.38. The Morgan fingerprint density at radius 3 is 2.70 bits per heavy atom. The van der Waals surface area contributed by atoms with E-state index in [0.29, 0.717) is 0 Å². The van der Waals surface area contributed by atoms with Gasteiger partial charge in [-0.25, -0.2) is 4.98 Å². The van der Waals surface area contributed by atoms with Gasteiger partial charge in [-0.3, -0.25) is 5.10 Å². The summed E-state index contributed by atoms with van der Waals surface area (Å²) in [5.74, 6) is 2.59. The minimum absolute atomic E-state index is 0.782. The largest absolute Gasteiger partial charge is 0.497 e. The molecule has 0 unspecified atom stereocenters. The summed E-state index contributed by atoms with van der Waals surface area (Å²) in [6.45, 7) is 0. The van der Waals surface area contributed by atoms with E-state index in [9.17, 15) is 0 Å². The molecular formula is C15H15N3OS. The van der Waals surface area contributed by atoms with Gasteiger partial charge in [0.1, 0.15) is 11.6 Å². The van der Waals surface area contributed by atoms with Crippen molar-refractivity contribution in [2.75, 3.05) is 7.11 Å². The first kappa shape index (κ1) is 12.9. The maximum Gasteiger partial charge on any atom is 0.191 e.